The van der Waals surface area contributed by atoms with Gasteiger partial charge in [-0.2, -0.15) is 0 Å². The zero-order valence-electron chi connectivity index (χ0n) is 10.2. The van der Waals surface area contributed by atoms with Crippen LogP contribution in [0.25, 0.3) is 0 Å². The number of hydrogen-bond donors (Lipinski definition) is 2. The first-order chi connectivity index (χ1) is 7.74. The molecule has 1 unspecified atom stereocenters. The van der Waals surface area contributed by atoms with E-state index >= 15 is 0 Å². The molecule has 5 nitrogen and oxygen atoms in total. The molecule has 0 aromatic rings. The topological polar surface area (TPSA) is 67.4 Å². The van der Waals surface area contributed by atoms with E-state index in [1.54, 1.807) is 0 Å². The highest BCUT2D eigenvalue weighted by molar-refractivity contribution is 5.85. The van der Waals surface area contributed by atoms with Crippen molar-refractivity contribution >= 4 is 24.3 Å². The van der Waals surface area contributed by atoms with E-state index in [9.17, 15) is 9.59 Å². The zero-order chi connectivity index (χ0) is 11.8. The Hall–Kier alpha value is -0.810. The lowest BCUT2D eigenvalue weighted by molar-refractivity contribution is -0.140. The standard InChI is InChI=1S/C11H20N2O3.ClH/c1-16-10(14)5-3-7-13-11(15)9-4-2-6-12-8-9;/h9,12H,2-8H2,1H3,(H,13,15);1H. The van der Waals surface area contributed by atoms with Gasteiger partial charge < -0.3 is 15.4 Å². The molecule has 2 N–H and O–H groups in total. The van der Waals surface area contributed by atoms with Crippen LogP contribution in [0.4, 0.5) is 0 Å². The quantitative estimate of drug-likeness (QED) is 0.560. The summed E-state index contributed by atoms with van der Waals surface area (Å²) in [5.74, 6) is -0.0440. The van der Waals surface area contributed by atoms with Gasteiger partial charge in [0.2, 0.25) is 5.91 Å². The lowest BCUT2D eigenvalue weighted by Gasteiger charge is -2.21. The van der Waals surface area contributed by atoms with Crippen LogP contribution in [0.2, 0.25) is 0 Å². The molecule has 1 aliphatic heterocycles. The fourth-order valence-electron chi connectivity index (χ4n) is 1.77. The van der Waals surface area contributed by atoms with Crippen molar-refractivity contribution in [2.75, 3.05) is 26.7 Å². The summed E-state index contributed by atoms with van der Waals surface area (Å²) < 4.78 is 4.51. The Morgan fingerprint density at radius 3 is 2.82 bits per heavy atom. The van der Waals surface area contributed by atoms with E-state index in [1.807, 2.05) is 0 Å². The highest BCUT2D eigenvalue weighted by atomic mass is 35.5. The monoisotopic (exact) mass is 264 g/mol. The third kappa shape index (κ3) is 6.48. The molecule has 0 aromatic carbocycles. The van der Waals surface area contributed by atoms with Crippen LogP contribution in [0.15, 0.2) is 0 Å². The minimum atomic E-state index is -0.228. The van der Waals surface area contributed by atoms with E-state index < -0.39 is 0 Å². The number of piperidine rings is 1. The SMILES string of the molecule is COC(=O)CCCNC(=O)C1CCCNC1.Cl. The van der Waals surface area contributed by atoms with Gasteiger partial charge in [0.1, 0.15) is 0 Å². The maximum absolute atomic E-state index is 11.6. The highest BCUT2D eigenvalue weighted by Crippen LogP contribution is 2.09. The molecular formula is C11H21ClN2O3. The van der Waals surface area contributed by atoms with Gasteiger partial charge in [0.15, 0.2) is 0 Å². The molecule has 0 bridgehead atoms. The first kappa shape index (κ1) is 16.2. The number of esters is 1. The van der Waals surface area contributed by atoms with Gasteiger partial charge in [-0.25, -0.2) is 0 Å². The van der Waals surface area contributed by atoms with Crippen molar-refractivity contribution in [3.8, 4) is 0 Å². The van der Waals surface area contributed by atoms with E-state index in [0.717, 1.165) is 25.9 Å². The summed E-state index contributed by atoms with van der Waals surface area (Å²) >= 11 is 0. The fraction of sp³-hybridized carbons (Fsp3) is 0.818. The Bertz CT molecular complexity index is 243. The molecule has 1 saturated heterocycles. The average Bonchev–Trinajstić information content (AvgIpc) is 2.35. The van der Waals surface area contributed by atoms with Crippen LogP contribution in [-0.4, -0.2) is 38.6 Å². The van der Waals surface area contributed by atoms with Crippen molar-refractivity contribution in [2.24, 2.45) is 5.92 Å². The number of amides is 1. The van der Waals surface area contributed by atoms with Crippen LogP contribution in [0, 0.1) is 5.92 Å². The van der Waals surface area contributed by atoms with Crippen molar-refractivity contribution < 1.29 is 14.3 Å². The first-order valence-corrected chi connectivity index (χ1v) is 5.79. The summed E-state index contributed by atoms with van der Waals surface area (Å²) in [7, 11) is 1.37. The Balaban J connectivity index is 0.00000256. The molecule has 1 heterocycles. The summed E-state index contributed by atoms with van der Waals surface area (Å²) in [4.78, 5) is 22.5. The molecule has 0 saturated carbocycles. The third-order valence-electron chi connectivity index (χ3n) is 2.75. The summed E-state index contributed by atoms with van der Waals surface area (Å²) in [6.07, 6.45) is 3.01. The van der Waals surface area contributed by atoms with Gasteiger partial charge in [-0.1, -0.05) is 0 Å². The van der Waals surface area contributed by atoms with E-state index in [-0.39, 0.29) is 30.2 Å². The molecule has 1 amide bonds. The van der Waals surface area contributed by atoms with Crippen LogP contribution in [-0.2, 0) is 14.3 Å². The molecule has 100 valence electrons. The molecule has 1 atom stereocenters. The van der Waals surface area contributed by atoms with Gasteiger partial charge in [0.25, 0.3) is 0 Å². The molecule has 0 spiro atoms. The van der Waals surface area contributed by atoms with Gasteiger partial charge in [-0.05, 0) is 25.8 Å². The van der Waals surface area contributed by atoms with Crippen LogP contribution >= 0.6 is 12.4 Å². The van der Waals surface area contributed by atoms with Crippen LogP contribution in [0.1, 0.15) is 25.7 Å². The normalized spacial score (nSPS) is 19.0. The maximum atomic E-state index is 11.6. The van der Waals surface area contributed by atoms with Gasteiger partial charge in [-0.3, -0.25) is 9.59 Å². The summed E-state index contributed by atoms with van der Waals surface area (Å²) in [5.41, 5.74) is 0. The summed E-state index contributed by atoms with van der Waals surface area (Å²) in [6.45, 7) is 2.32. The van der Waals surface area contributed by atoms with E-state index in [0.29, 0.717) is 19.4 Å². The Morgan fingerprint density at radius 2 is 2.24 bits per heavy atom. The molecule has 1 aliphatic rings. The van der Waals surface area contributed by atoms with Crippen molar-refractivity contribution in [2.45, 2.75) is 25.7 Å². The molecule has 0 radical (unpaired) electrons. The molecule has 0 aliphatic carbocycles. The predicted octanol–water partition coefficient (Wildman–Crippen LogP) is 0.477. The second-order valence-electron chi connectivity index (χ2n) is 4.01. The third-order valence-corrected chi connectivity index (χ3v) is 2.75. The van der Waals surface area contributed by atoms with Crippen molar-refractivity contribution in [3.63, 3.8) is 0 Å². The van der Waals surface area contributed by atoms with Crippen LogP contribution < -0.4 is 10.6 Å². The summed E-state index contributed by atoms with van der Waals surface area (Å²) in [5, 5.41) is 6.04. The van der Waals surface area contributed by atoms with Gasteiger partial charge in [0, 0.05) is 19.5 Å². The largest absolute Gasteiger partial charge is 0.469 e. The van der Waals surface area contributed by atoms with Crippen molar-refractivity contribution in [3.05, 3.63) is 0 Å². The van der Waals surface area contributed by atoms with Crippen molar-refractivity contribution in [1.82, 2.24) is 10.6 Å². The number of carbonyl (C=O) groups excluding carboxylic acids is 2. The Morgan fingerprint density at radius 1 is 1.47 bits per heavy atom. The number of ether oxygens (including phenoxy) is 1. The van der Waals surface area contributed by atoms with E-state index in [4.69, 9.17) is 0 Å². The van der Waals surface area contributed by atoms with E-state index in [1.165, 1.54) is 7.11 Å². The number of halogens is 1. The van der Waals surface area contributed by atoms with Gasteiger partial charge >= 0.3 is 5.97 Å². The van der Waals surface area contributed by atoms with Gasteiger partial charge in [-0.15, -0.1) is 12.4 Å². The minimum Gasteiger partial charge on any atom is -0.469 e. The number of rotatable bonds is 5. The summed E-state index contributed by atoms with van der Waals surface area (Å²) in [6, 6.07) is 0. The van der Waals surface area contributed by atoms with Crippen LogP contribution in [0.5, 0.6) is 0 Å². The number of nitrogens with one attached hydrogen (secondary N) is 2. The lowest BCUT2D eigenvalue weighted by Crippen LogP contribution is -2.40. The number of carbonyl (C=O) groups is 2. The highest BCUT2D eigenvalue weighted by Gasteiger charge is 2.20. The molecule has 6 heteroatoms. The second kappa shape index (κ2) is 9.24. The molecule has 0 aromatic heterocycles. The average molecular weight is 265 g/mol. The van der Waals surface area contributed by atoms with E-state index in [2.05, 4.69) is 15.4 Å². The zero-order valence-corrected chi connectivity index (χ0v) is 11.0. The van der Waals surface area contributed by atoms with Crippen molar-refractivity contribution in [1.29, 1.82) is 0 Å². The fourth-order valence-corrected chi connectivity index (χ4v) is 1.77. The number of hydrogen-bond acceptors (Lipinski definition) is 4. The Kier molecular flexibility index (Phi) is 8.80. The molecule has 1 fully saturated rings. The lowest BCUT2D eigenvalue weighted by atomic mass is 9.99. The first-order valence-electron chi connectivity index (χ1n) is 5.79. The van der Waals surface area contributed by atoms with Crippen LogP contribution in [0.3, 0.4) is 0 Å². The number of methoxy groups -OCH3 is 1. The maximum Gasteiger partial charge on any atom is 0.305 e. The molecule has 17 heavy (non-hydrogen) atoms. The van der Waals surface area contributed by atoms with Gasteiger partial charge in [0.05, 0.1) is 13.0 Å². The molecular weight excluding hydrogens is 244 g/mol. The minimum absolute atomic E-state index is 0. The Labute approximate surface area is 108 Å². The smallest absolute Gasteiger partial charge is 0.305 e. The second-order valence-corrected chi connectivity index (χ2v) is 4.01. The predicted molar refractivity (Wildman–Crippen MR) is 67.1 cm³/mol. The molecule has 1 rings (SSSR count).